The highest BCUT2D eigenvalue weighted by Crippen LogP contribution is 2.25. The second-order valence-corrected chi connectivity index (χ2v) is 4.31. The Hall–Kier alpha value is -1.71. The Kier molecular flexibility index (Phi) is 3.52. The van der Waals surface area contributed by atoms with Crippen LogP contribution in [0.5, 0.6) is 0 Å². The van der Waals surface area contributed by atoms with Gasteiger partial charge in [-0.15, -0.1) is 11.8 Å². The molecule has 0 atom stereocenters. The van der Waals surface area contributed by atoms with Crippen molar-refractivity contribution in [2.24, 2.45) is 5.84 Å². The highest BCUT2D eigenvalue weighted by molar-refractivity contribution is 7.98. The van der Waals surface area contributed by atoms with E-state index in [0.29, 0.717) is 24.6 Å². The lowest BCUT2D eigenvalue weighted by molar-refractivity contribution is 0.573. The number of aromatic nitrogens is 1. The summed E-state index contributed by atoms with van der Waals surface area (Å²) in [6.07, 6.45) is 2.34. The van der Waals surface area contributed by atoms with E-state index in [1.165, 1.54) is 5.01 Å². The second-order valence-electron chi connectivity index (χ2n) is 3.43. The Morgan fingerprint density at radius 2 is 2.41 bits per heavy atom. The lowest BCUT2D eigenvalue weighted by Gasteiger charge is -2.10. The molecule has 0 radical (unpaired) electrons. The molecule has 2 aromatic rings. The van der Waals surface area contributed by atoms with E-state index >= 15 is 0 Å². The third-order valence-corrected chi connectivity index (χ3v) is 3.02. The fourth-order valence-electron chi connectivity index (χ4n) is 1.41. The van der Waals surface area contributed by atoms with Gasteiger partial charge in [0.1, 0.15) is 5.52 Å². The molecular weight excluding hydrogens is 236 g/mol. The van der Waals surface area contributed by atoms with Crippen molar-refractivity contribution >= 4 is 28.9 Å². The highest BCUT2D eigenvalue weighted by atomic mass is 32.2. The van der Waals surface area contributed by atoms with Crippen LogP contribution in [0.3, 0.4) is 0 Å². The molecule has 0 saturated carbocycles. The molecule has 0 fully saturated rings. The Balaban J connectivity index is 2.28. The molecule has 5 nitrogen and oxygen atoms in total. The predicted octanol–water partition coefficient (Wildman–Crippen LogP) is 2.14. The average Bonchev–Trinajstić information content (AvgIpc) is 2.78. The molecule has 0 saturated heterocycles. The normalized spacial score (nSPS) is 10.4. The summed E-state index contributed by atoms with van der Waals surface area (Å²) in [5, 5.41) is 9.83. The van der Waals surface area contributed by atoms with E-state index in [0.717, 1.165) is 10.4 Å². The molecule has 2 N–H and O–H groups in total. The Morgan fingerprint density at radius 3 is 3.12 bits per heavy atom. The SMILES string of the molecule is CSc1ccc2oc(N(N)CCC#N)nc2c1. The molecule has 88 valence electrons. The number of oxazole rings is 1. The first-order valence-electron chi connectivity index (χ1n) is 5.08. The van der Waals surface area contributed by atoms with Gasteiger partial charge in [-0.3, -0.25) is 5.01 Å². The smallest absolute Gasteiger partial charge is 0.313 e. The van der Waals surface area contributed by atoms with Gasteiger partial charge in [-0.2, -0.15) is 10.2 Å². The number of nitriles is 1. The van der Waals surface area contributed by atoms with Gasteiger partial charge in [0.15, 0.2) is 5.58 Å². The molecule has 6 heteroatoms. The molecule has 0 aliphatic rings. The van der Waals surface area contributed by atoms with Gasteiger partial charge in [0.25, 0.3) is 0 Å². The summed E-state index contributed by atoms with van der Waals surface area (Å²) in [5.74, 6) is 5.74. The maximum atomic E-state index is 8.48. The van der Waals surface area contributed by atoms with Gasteiger partial charge in [0.2, 0.25) is 0 Å². The number of nitrogens with two attached hydrogens (primary N) is 1. The van der Waals surface area contributed by atoms with Crippen molar-refractivity contribution < 1.29 is 4.42 Å². The van der Waals surface area contributed by atoms with Crippen LogP contribution in [0.25, 0.3) is 11.1 Å². The van der Waals surface area contributed by atoms with Crippen molar-refractivity contribution in [3.8, 4) is 6.07 Å². The van der Waals surface area contributed by atoms with Crippen LogP contribution in [-0.2, 0) is 0 Å². The standard InChI is InChI=1S/C11H12N4OS/c1-17-8-3-4-10-9(7-8)14-11(16-10)15(13)6-2-5-12/h3-4,7H,2,6,13H2,1H3. The van der Waals surface area contributed by atoms with Crippen LogP contribution < -0.4 is 10.9 Å². The van der Waals surface area contributed by atoms with Gasteiger partial charge in [-0.05, 0) is 24.5 Å². The minimum atomic E-state index is 0.339. The van der Waals surface area contributed by atoms with Crippen molar-refractivity contribution in [1.29, 1.82) is 5.26 Å². The third-order valence-electron chi connectivity index (χ3n) is 2.29. The largest absolute Gasteiger partial charge is 0.422 e. The maximum Gasteiger partial charge on any atom is 0.313 e. The molecule has 17 heavy (non-hydrogen) atoms. The number of nitrogens with zero attached hydrogens (tertiary/aromatic N) is 3. The first kappa shape index (κ1) is 11.8. The van der Waals surface area contributed by atoms with Crippen molar-refractivity contribution in [2.75, 3.05) is 17.8 Å². The summed E-state index contributed by atoms with van der Waals surface area (Å²) >= 11 is 1.65. The number of hydrogen-bond acceptors (Lipinski definition) is 6. The molecule has 0 aliphatic heterocycles. The van der Waals surface area contributed by atoms with Gasteiger partial charge < -0.3 is 4.42 Å². The Labute approximate surface area is 103 Å². The Bertz CT molecular complexity index is 560. The maximum absolute atomic E-state index is 8.48. The monoisotopic (exact) mass is 248 g/mol. The molecule has 1 heterocycles. The molecule has 0 amide bonds. The zero-order chi connectivity index (χ0) is 12.3. The van der Waals surface area contributed by atoms with Crippen LogP contribution in [0.15, 0.2) is 27.5 Å². The van der Waals surface area contributed by atoms with E-state index in [1.54, 1.807) is 11.8 Å². The van der Waals surface area contributed by atoms with E-state index in [9.17, 15) is 0 Å². The fraction of sp³-hybridized carbons (Fsp3) is 0.273. The molecule has 1 aromatic carbocycles. The van der Waals surface area contributed by atoms with E-state index in [-0.39, 0.29) is 0 Å². The number of anilines is 1. The molecule has 1 aromatic heterocycles. The molecule has 0 aliphatic carbocycles. The molecule has 2 rings (SSSR count). The van der Waals surface area contributed by atoms with Gasteiger partial charge in [-0.1, -0.05) is 0 Å². The average molecular weight is 248 g/mol. The quantitative estimate of drug-likeness (QED) is 0.507. The van der Waals surface area contributed by atoms with Crippen molar-refractivity contribution in [2.45, 2.75) is 11.3 Å². The minimum Gasteiger partial charge on any atom is -0.422 e. The second kappa shape index (κ2) is 5.08. The number of thioether (sulfide) groups is 1. The van der Waals surface area contributed by atoms with Crippen molar-refractivity contribution in [3.63, 3.8) is 0 Å². The van der Waals surface area contributed by atoms with E-state index < -0.39 is 0 Å². The first-order chi connectivity index (χ1) is 8.24. The van der Waals surface area contributed by atoms with E-state index in [2.05, 4.69) is 4.98 Å². The van der Waals surface area contributed by atoms with Gasteiger partial charge >= 0.3 is 6.01 Å². The molecular formula is C11H12N4OS. The number of benzene rings is 1. The van der Waals surface area contributed by atoms with Gasteiger partial charge in [0.05, 0.1) is 19.0 Å². The topological polar surface area (TPSA) is 79.1 Å². The molecule has 0 unspecified atom stereocenters. The third kappa shape index (κ3) is 2.52. The highest BCUT2D eigenvalue weighted by Gasteiger charge is 2.10. The van der Waals surface area contributed by atoms with Gasteiger partial charge in [-0.25, -0.2) is 5.84 Å². The number of hydrazine groups is 1. The zero-order valence-corrected chi connectivity index (χ0v) is 10.2. The van der Waals surface area contributed by atoms with E-state index in [4.69, 9.17) is 15.5 Å². The Morgan fingerprint density at radius 1 is 1.59 bits per heavy atom. The van der Waals surface area contributed by atoms with Gasteiger partial charge in [0, 0.05) is 4.90 Å². The summed E-state index contributed by atoms with van der Waals surface area (Å²) in [5.41, 5.74) is 1.48. The first-order valence-corrected chi connectivity index (χ1v) is 6.31. The van der Waals surface area contributed by atoms with Crippen LogP contribution in [0, 0.1) is 11.3 Å². The van der Waals surface area contributed by atoms with Crippen LogP contribution in [-0.4, -0.2) is 17.8 Å². The number of hydrogen-bond donors (Lipinski definition) is 1. The summed E-state index contributed by atoms with van der Waals surface area (Å²) in [6.45, 7) is 0.401. The van der Waals surface area contributed by atoms with Crippen LogP contribution in [0.2, 0.25) is 0 Å². The molecule has 0 spiro atoms. The zero-order valence-electron chi connectivity index (χ0n) is 9.38. The van der Waals surface area contributed by atoms with E-state index in [1.807, 2.05) is 30.5 Å². The summed E-state index contributed by atoms with van der Waals surface area (Å²) in [4.78, 5) is 5.41. The summed E-state index contributed by atoms with van der Waals surface area (Å²) < 4.78 is 5.50. The number of rotatable bonds is 4. The van der Waals surface area contributed by atoms with Crippen LogP contribution in [0.4, 0.5) is 6.01 Å². The minimum absolute atomic E-state index is 0.339. The lowest BCUT2D eigenvalue weighted by Crippen LogP contribution is -2.31. The van der Waals surface area contributed by atoms with Crippen molar-refractivity contribution in [3.05, 3.63) is 18.2 Å². The number of fused-ring (bicyclic) bond motifs is 1. The lowest BCUT2D eigenvalue weighted by atomic mass is 10.3. The van der Waals surface area contributed by atoms with Crippen LogP contribution in [0.1, 0.15) is 6.42 Å². The summed E-state index contributed by atoms with van der Waals surface area (Å²) in [7, 11) is 0. The van der Waals surface area contributed by atoms with Crippen LogP contribution >= 0.6 is 11.8 Å². The van der Waals surface area contributed by atoms with Crippen molar-refractivity contribution in [1.82, 2.24) is 4.98 Å². The molecule has 0 bridgehead atoms. The fourth-order valence-corrected chi connectivity index (χ4v) is 1.84. The predicted molar refractivity (Wildman–Crippen MR) is 67.6 cm³/mol. The summed E-state index contributed by atoms with van der Waals surface area (Å²) in [6, 6.07) is 8.16.